The summed E-state index contributed by atoms with van der Waals surface area (Å²) in [6.07, 6.45) is 6.35. The quantitative estimate of drug-likeness (QED) is 0.523. The van der Waals surface area contributed by atoms with Gasteiger partial charge in [-0.05, 0) is 50.5 Å². The highest BCUT2D eigenvalue weighted by molar-refractivity contribution is 5.78. The fourth-order valence-electron chi connectivity index (χ4n) is 4.83. The number of carbonyl (C=O) groups excluding carboxylic acids is 1. The number of amides is 2. The Morgan fingerprint density at radius 1 is 1.15 bits per heavy atom. The molecule has 1 aliphatic rings. The molecule has 1 aromatic heterocycles. The molecule has 1 heterocycles. The number of benzene rings is 2. The summed E-state index contributed by atoms with van der Waals surface area (Å²) in [5.41, 5.74) is 1.05. The van der Waals surface area contributed by atoms with Gasteiger partial charge in [-0.3, -0.25) is 9.36 Å². The Morgan fingerprint density at radius 2 is 1.85 bits per heavy atom. The molecule has 1 unspecified atom stereocenters. The highest BCUT2D eigenvalue weighted by Gasteiger charge is 2.28. The van der Waals surface area contributed by atoms with Gasteiger partial charge in [-0.1, -0.05) is 50.5 Å². The molecule has 1 atom stereocenters. The van der Waals surface area contributed by atoms with E-state index in [0.29, 0.717) is 34.7 Å². The predicted octanol–water partition coefficient (Wildman–Crippen LogP) is 5.21. The Morgan fingerprint density at radius 3 is 2.59 bits per heavy atom. The normalized spacial score (nSPS) is 15.1. The number of rotatable bonds is 7. The van der Waals surface area contributed by atoms with E-state index in [9.17, 15) is 9.59 Å². The maximum absolute atomic E-state index is 13.7. The summed E-state index contributed by atoms with van der Waals surface area (Å²) in [6.45, 7) is 4.56. The zero-order valence-corrected chi connectivity index (χ0v) is 20.3. The topological polar surface area (TPSA) is 76.5 Å². The van der Waals surface area contributed by atoms with Crippen molar-refractivity contribution in [2.45, 2.75) is 64.5 Å². The molecule has 3 aromatic rings. The van der Waals surface area contributed by atoms with Crippen LogP contribution in [-0.4, -0.2) is 40.2 Å². The van der Waals surface area contributed by atoms with E-state index in [1.165, 1.54) is 6.42 Å². The highest BCUT2D eigenvalue weighted by atomic mass is 16.5. The second-order valence-corrected chi connectivity index (χ2v) is 8.95. The molecule has 2 aromatic carbocycles. The van der Waals surface area contributed by atoms with Gasteiger partial charge in [-0.2, -0.15) is 0 Å². The number of methoxy groups -OCH3 is 1. The van der Waals surface area contributed by atoms with Crippen LogP contribution in [0.1, 0.15) is 64.2 Å². The van der Waals surface area contributed by atoms with Crippen LogP contribution in [0.4, 0.5) is 4.79 Å². The SMILES string of the molecule is CCCN(C(=O)NC1CCCCC1)C(C)c1nc2ccccc2c(=O)n1-c1ccccc1OC. The first-order valence-corrected chi connectivity index (χ1v) is 12.3. The number of carbonyl (C=O) groups is 1. The number of fused-ring (bicyclic) bond motifs is 1. The number of aromatic nitrogens is 2. The maximum atomic E-state index is 13.7. The fraction of sp³-hybridized carbons (Fsp3) is 0.444. The predicted molar refractivity (Wildman–Crippen MR) is 135 cm³/mol. The van der Waals surface area contributed by atoms with Crippen molar-refractivity contribution in [3.8, 4) is 11.4 Å². The number of hydrogen-bond donors (Lipinski definition) is 1. The molecule has 0 radical (unpaired) electrons. The lowest BCUT2D eigenvalue weighted by molar-refractivity contribution is 0.168. The largest absolute Gasteiger partial charge is 0.495 e. The van der Waals surface area contributed by atoms with Gasteiger partial charge in [0, 0.05) is 12.6 Å². The molecule has 34 heavy (non-hydrogen) atoms. The van der Waals surface area contributed by atoms with Crippen LogP contribution in [0.15, 0.2) is 53.3 Å². The van der Waals surface area contributed by atoms with Gasteiger partial charge in [0.15, 0.2) is 0 Å². The minimum absolute atomic E-state index is 0.102. The molecular weight excluding hydrogens is 428 g/mol. The Balaban J connectivity index is 1.82. The summed E-state index contributed by atoms with van der Waals surface area (Å²) >= 11 is 0. The average Bonchev–Trinajstić information content (AvgIpc) is 2.87. The zero-order chi connectivity index (χ0) is 24.1. The lowest BCUT2D eigenvalue weighted by Gasteiger charge is -2.33. The number of hydrogen-bond acceptors (Lipinski definition) is 4. The lowest BCUT2D eigenvalue weighted by Crippen LogP contribution is -2.47. The first-order chi connectivity index (χ1) is 16.5. The van der Waals surface area contributed by atoms with E-state index in [2.05, 4.69) is 12.2 Å². The molecule has 180 valence electrons. The Bertz CT molecular complexity index is 1200. The Kier molecular flexibility index (Phi) is 7.50. The maximum Gasteiger partial charge on any atom is 0.318 e. The molecule has 7 heteroatoms. The number of urea groups is 1. The van der Waals surface area contributed by atoms with E-state index >= 15 is 0 Å². The van der Waals surface area contributed by atoms with Crippen LogP contribution >= 0.6 is 0 Å². The summed E-state index contributed by atoms with van der Waals surface area (Å²) in [7, 11) is 1.59. The third kappa shape index (κ3) is 4.79. The molecule has 1 N–H and O–H groups in total. The van der Waals surface area contributed by atoms with Gasteiger partial charge in [-0.15, -0.1) is 0 Å². The average molecular weight is 463 g/mol. The number of nitrogens with zero attached hydrogens (tertiary/aromatic N) is 3. The fourth-order valence-corrected chi connectivity index (χ4v) is 4.83. The zero-order valence-electron chi connectivity index (χ0n) is 20.3. The van der Waals surface area contributed by atoms with Crippen LogP contribution in [0.3, 0.4) is 0 Å². The van der Waals surface area contributed by atoms with Crippen molar-refractivity contribution in [3.63, 3.8) is 0 Å². The minimum Gasteiger partial charge on any atom is -0.495 e. The second-order valence-electron chi connectivity index (χ2n) is 8.95. The van der Waals surface area contributed by atoms with Gasteiger partial charge in [0.1, 0.15) is 11.6 Å². The van der Waals surface area contributed by atoms with Gasteiger partial charge in [-0.25, -0.2) is 9.78 Å². The minimum atomic E-state index is -0.425. The van der Waals surface area contributed by atoms with Crippen LogP contribution in [0, 0.1) is 0 Å². The van der Waals surface area contributed by atoms with Gasteiger partial charge in [0.05, 0.1) is 29.7 Å². The van der Waals surface area contributed by atoms with E-state index in [-0.39, 0.29) is 17.6 Å². The van der Waals surface area contributed by atoms with Crippen LogP contribution in [0.2, 0.25) is 0 Å². The first-order valence-electron chi connectivity index (χ1n) is 12.3. The van der Waals surface area contributed by atoms with Gasteiger partial charge < -0.3 is 15.0 Å². The summed E-state index contributed by atoms with van der Waals surface area (Å²) in [6, 6.07) is 14.4. The van der Waals surface area contributed by atoms with E-state index in [0.717, 1.165) is 32.1 Å². The second kappa shape index (κ2) is 10.7. The summed E-state index contributed by atoms with van der Waals surface area (Å²) in [5.74, 6) is 1.09. The molecule has 1 saturated carbocycles. The van der Waals surface area contributed by atoms with Crippen molar-refractivity contribution in [1.29, 1.82) is 0 Å². The van der Waals surface area contributed by atoms with Crippen molar-refractivity contribution in [3.05, 3.63) is 64.7 Å². The number of para-hydroxylation sites is 3. The van der Waals surface area contributed by atoms with E-state index in [4.69, 9.17) is 9.72 Å². The highest BCUT2D eigenvalue weighted by Crippen LogP contribution is 2.28. The molecule has 0 bridgehead atoms. The molecule has 2 amide bonds. The van der Waals surface area contributed by atoms with E-state index in [1.54, 1.807) is 22.6 Å². The standard InChI is InChI=1S/C27H34N4O3/c1-4-18-30(27(33)28-20-12-6-5-7-13-20)19(2)25-29-22-15-9-8-14-21(22)26(32)31(25)23-16-10-11-17-24(23)34-3/h8-11,14-17,19-20H,4-7,12-13,18H2,1-3H3,(H,28,33). The molecule has 1 aliphatic carbocycles. The van der Waals surface area contributed by atoms with Gasteiger partial charge in [0.2, 0.25) is 0 Å². The number of ether oxygens (including phenoxy) is 1. The smallest absolute Gasteiger partial charge is 0.318 e. The van der Waals surface area contributed by atoms with Crippen LogP contribution in [0.5, 0.6) is 5.75 Å². The summed E-state index contributed by atoms with van der Waals surface area (Å²) < 4.78 is 7.18. The van der Waals surface area contributed by atoms with Crippen molar-refractivity contribution in [2.24, 2.45) is 0 Å². The van der Waals surface area contributed by atoms with E-state index < -0.39 is 6.04 Å². The third-order valence-corrected chi connectivity index (χ3v) is 6.63. The molecule has 7 nitrogen and oxygen atoms in total. The summed E-state index contributed by atoms with van der Waals surface area (Å²) in [4.78, 5) is 33.9. The third-order valence-electron chi connectivity index (χ3n) is 6.63. The van der Waals surface area contributed by atoms with Gasteiger partial charge in [0.25, 0.3) is 5.56 Å². The lowest BCUT2D eigenvalue weighted by atomic mass is 9.96. The molecule has 4 rings (SSSR count). The summed E-state index contributed by atoms with van der Waals surface area (Å²) in [5, 5.41) is 3.76. The van der Waals surface area contributed by atoms with Crippen molar-refractivity contribution >= 4 is 16.9 Å². The molecule has 0 aliphatic heterocycles. The van der Waals surface area contributed by atoms with Crippen LogP contribution < -0.4 is 15.6 Å². The van der Waals surface area contributed by atoms with Crippen LogP contribution in [-0.2, 0) is 0 Å². The molecule has 1 fully saturated rings. The van der Waals surface area contributed by atoms with Crippen LogP contribution in [0.25, 0.3) is 16.6 Å². The molecule has 0 spiro atoms. The van der Waals surface area contributed by atoms with Crippen molar-refractivity contribution in [1.82, 2.24) is 19.8 Å². The van der Waals surface area contributed by atoms with Crippen molar-refractivity contribution < 1.29 is 9.53 Å². The Hall–Kier alpha value is -3.35. The van der Waals surface area contributed by atoms with E-state index in [1.807, 2.05) is 49.4 Å². The van der Waals surface area contributed by atoms with Gasteiger partial charge >= 0.3 is 6.03 Å². The first kappa shape index (κ1) is 23.8. The molecule has 0 saturated heterocycles. The Labute approximate surface area is 200 Å². The van der Waals surface area contributed by atoms with Crippen molar-refractivity contribution in [2.75, 3.05) is 13.7 Å². The molecular formula is C27H34N4O3. The number of nitrogens with one attached hydrogen (secondary N) is 1. The monoisotopic (exact) mass is 462 g/mol.